The zero-order valence-electron chi connectivity index (χ0n) is 16.0. The smallest absolute Gasteiger partial charge is 0.220 e. The molecule has 1 aliphatic heterocycles. The molecule has 0 saturated carbocycles. The molecule has 0 bridgehead atoms. The normalized spacial score (nSPS) is 17.8. The Morgan fingerprint density at radius 3 is 2.77 bits per heavy atom. The number of carbonyl (C=O) groups excluding carboxylic acids is 1. The Bertz CT molecular complexity index is 504. The fourth-order valence-electron chi connectivity index (χ4n) is 3.21. The molecule has 148 valence electrons. The van der Waals surface area contributed by atoms with Crippen LogP contribution in [0.5, 0.6) is 5.75 Å². The van der Waals surface area contributed by atoms with Crippen molar-refractivity contribution in [3.05, 3.63) is 29.8 Å². The summed E-state index contributed by atoms with van der Waals surface area (Å²) in [6.07, 6.45) is 3.92. The van der Waals surface area contributed by atoms with E-state index in [4.69, 9.17) is 9.47 Å². The average Bonchev–Trinajstić information content (AvgIpc) is 2.65. The summed E-state index contributed by atoms with van der Waals surface area (Å²) in [4.78, 5) is 12.0. The van der Waals surface area contributed by atoms with Crippen LogP contribution in [0.3, 0.4) is 0 Å². The van der Waals surface area contributed by atoms with Gasteiger partial charge >= 0.3 is 0 Å². The highest BCUT2D eigenvalue weighted by atomic mass is 35.5. The minimum absolute atomic E-state index is 0. The number of benzene rings is 1. The van der Waals surface area contributed by atoms with E-state index < -0.39 is 0 Å². The van der Waals surface area contributed by atoms with Crippen LogP contribution in [0.2, 0.25) is 0 Å². The number of ether oxygens (including phenoxy) is 2. The molecule has 2 N–H and O–H groups in total. The van der Waals surface area contributed by atoms with E-state index in [1.807, 2.05) is 24.3 Å². The molecule has 1 saturated heterocycles. The molecule has 1 aliphatic rings. The molecule has 0 aromatic heterocycles. The number of rotatable bonds is 10. The molecular weight excluding hydrogens is 352 g/mol. The molecule has 26 heavy (non-hydrogen) atoms. The minimum atomic E-state index is 0. The van der Waals surface area contributed by atoms with Gasteiger partial charge in [0.2, 0.25) is 5.91 Å². The summed E-state index contributed by atoms with van der Waals surface area (Å²) in [5.41, 5.74) is 1.12. The Morgan fingerprint density at radius 2 is 2.12 bits per heavy atom. The van der Waals surface area contributed by atoms with Crippen molar-refractivity contribution in [2.45, 2.75) is 39.2 Å². The Labute approximate surface area is 163 Å². The Balaban J connectivity index is 0.00000338. The van der Waals surface area contributed by atoms with Gasteiger partial charge in [-0.25, -0.2) is 0 Å². The van der Waals surface area contributed by atoms with Crippen molar-refractivity contribution in [2.24, 2.45) is 11.8 Å². The fraction of sp³-hybridized carbons (Fsp3) is 0.650. The van der Waals surface area contributed by atoms with Crippen LogP contribution in [-0.4, -0.2) is 39.3 Å². The van der Waals surface area contributed by atoms with Gasteiger partial charge in [0.05, 0.1) is 13.7 Å². The van der Waals surface area contributed by atoms with E-state index in [0.29, 0.717) is 38.0 Å². The van der Waals surface area contributed by atoms with Gasteiger partial charge in [-0.2, -0.15) is 0 Å². The molecule has 0 radical (unpaired) electrons. The predicted molar refractivity (Wildman–Crippen MR) is 107 cm³/mol. The summed E-state index contributed by atoms with van der Waals surface area (Å²) in [7, 11) is 1.66. The third-order valence-corrected chi connectivity index (χ3v) is 4.86. The van der Waals surface area contributed by atoms with Crippen molar-refractivity contribution in [1.82, 2.24) is 10.6 Å². The first kappa shape index (κ1) is 22.7. The number of carbonyl (C=O) groups is 1. The summed E-state index contributed by atoms with van der Waals surface area (Å²) in [5.74, 6) is 2.09. The highest BCUT2D eigenvalue weighted by Gasteiger charge is 2.21. The lowest BCUT2D eigenvalue weighted by Crippen LogP contribution is -2.35. The maximum Gasteiger partial charge on any atom is 0.220 e. The summed E-state index contributed by atoms with van der Waals surface area (Å²) >= 11 is 0. The molecule has 6 heteroatoms. The van der Waals surface area contributed by atoms with Crippen molar-refractivity contribution in [1.29, 1.82) is 0 Å². The summed E-state index contributed by atoms with van der Waals surface area (Å²) in [6, 6.07) is 7.87. The molecule has 5 nitrogen and oxygen atoms in total. The number of piperidine rings is 1. The lowest BCUT2D eigenvalue weighted by atomic mass is 9.85. The second-order valence-corrected chi connectivity index (χ2v) is 6.89. The first-order valence-electron chi connectivity index (χ1n) is 9.37. The third kappa shape index (κ3) is 8.39. The number of halogens is 1. The van der Waals surface area contributed by atoms with Gasteiger partial charge in [0.1, 0.15) is 5.75 Å². The molecule has 2 atom stereocenters. The van der Waals surface area contributed by atoms with Crippen LogP contribution in [-0.2, 0) is 16.1 Å². The number of nitrogens with one attached hydrogen (secondary N) is 2. The van der Waals surface area contributed by atoms with Gasteiger partial charge in [0.15, 0.2) is 0 Å². The number of hydrogen-bond donors (Lipinski definition) is 2. The molecule has 2 unspecified atom stereocenters. The maximum absolute atomic E-state index is 12.0. The SMILES string of the molecule is COc1ccc(COCCCNC(=O)CC(C)C2CCCNC2)cc1.Cl. The lowest BCUT2D eigenvalue weighted by molar-refractivity contribution is -0.122. The van der Waals surface area contributed by atoms with Gasteiger partial charge in [-0.1, -0.05) is 19.1 Å². The Morgan fingerprint density at radius 1 is 1.35 bits per heavy atom. The number of amides is 1. The van der Waals surface area contributed by atoms with Crippen molar-refractivity contribution >= 4 is 18.3 Å². The molecule has 1 fully saturated rings. The third-order valence-electron chi connectivity index (χ3n) is 4.86. The average molecular weight is 385 g/mol. The fourth-order valence-corrected chi connectivity index (χ4v) is 3.21. The van der Waals surface area contributed by atoms with E-state index >= 15 is 0 Å². The number of methoxy groups -OCH3 is 1. The van der Waals surface area contributed by atoms with Crippen molar-refractivity contribution in [3.8, 4) is 5.75 Å². The quantitative estimate of drug-likeness (QED) is 0.608. The van der Waals surface area contributed by atoms with Gasteiger partial charge in [-0.15, -0.1) is 12.4 Å². The van der Waals surface area contributed by atoms with Gasteiger partial charge in [0, 0.05) is 19.6 Å². The summed E-state index contributed by atoms with van der Waals surface area (Å²) < 4.78 is 10.8. The van der Waals surface area contributed by atoms with Crippen molar-refractivity contribution in [3.63, 3.8) is 0 Å². The molecule has 1 aromatic rings. The predicted octanol–water partition coefficient (Wildman–Crippen LogP) is 3.17. The number of hydrogen-bond acceptors (Lipinski definition) is 4. The first-order chi connectivity index (χ1) is 12.2. The van der Waals surface area contributed by atoms with Gasteiger partial charge in [-0.05, 0) is 61.9 Å². The molecular formula is C20H33ClN2O3. The standard InChI is InChI=1S/C20H32N2O3.ClH/c1-16(18-5-3-10-21-14-18)13-20(23)22-11-4-12-25-15-17-6-8-19(24-2)9-7-17;/h6-9,16,18,21H,3-5,10-15H2,1-2H3,(H,22,23);1H. The molecule has 0 aliphatic carbocycles. The van der Waals surface area contributed by atoms with E-state index in [-0.39, 0.29) is 18.3 Å². The summed E-state index contributed by atoms with van der Waals surface area (Å²) in [5, 5.41) is 6.43. The van der Waals surface area contributed by atoms with Crippen LogP contribution < -0.4 is 15.4 Å². The van der Waals surface area contributed by atoms with Crippen molar-refractivity contribution < 1.29 is 14.3 Å². The van der Waals surface area contributed by atoms with Crippen LogP contribution in [0.1, 0.15) is 38.2 Å². The molecule has 0 spiro atoms. The van der Waals surface area contributed by atoms with E-state index in [9.17, 15) is 4.79 Å². The van der Waals surface area contributed by atoms with Crippen LogP contribution in [0.15, 0.2) is 24.3 Å². The van der Waals surface area contributed by atoms with E-state index in [1.165, 1.54) is 12.8 Å². The molecule has 2 rings (SSSR count). The Hall–Kier alpha value is -1.30. The second-order valence-electron chi connectivity index (χ2n) is 6.89. The largest absolute Gasteiger partial charge is 0.497 e. The van der Waals surface area contributed by atoms with Crippen LogP contribution >= 0.6 is 12.4 Å². The van der Waals surface area contributed by atoms with Gasteiger partial charge < -0.3 is 20.1 Å². The van der Waals surface area contributed by atoms with Crippen molar-refractivity contribution in [2.75, 3.05) is 33.4 Å². The highest BCUT2D eigenvalue weighted by molar-refractivity contribution is 5.85. The minimum Gasteiger partial charge on any atom is -0.497 e. The summed E-state index contributed by atoms with van der Waals surface area (Å²) in [6.45, 7) is 6.27. The topological polar surface area (TPSA) is 59.6 Å². The van der Waals surface area contributed by atoms with E-state index in [2.05, 4.69) is 17.6 Å². The molecule has 1 amide bonds. The van der Waals surface area contributed by atoms with Crippen LogP contribution in [0, 0.1) is 11.8 Å². The van der Waals surface area contributed by atoms with E-state index in [0.717, 1.165) is 30.8 Å². The first-order valence-corrected chi connectivity index (χ1v) is 9.37. The monoisotopic (exact) mass is 384 g/mol. The maximum atomic E-state index is 12.0. The second kappa shape index (κ2) is 13.0. The van der Waals surface area contributed by atoms with Gasteiger partial charge in [-0.3, -0.25) is 4.79 Å². The lowest BCUT2D eigenvalue weighted by Gasteiger charge is -2.28. The van der Waals surface area contributed by atoms with Gasteiger partial charge in [0.25, 0.3) is 0 Å². The zero-order valence-corrected chi connectivity index (χ0v) is 16.8. The molecule has 1 aromatic carbocycles. The van der Waals surface area contributed by atoms with Crippen LogP contribution in [0.4, 0.5) is 0 Å². The highest BCUT2D eigenvalue weighted by Crippen LogP contribution is 2.22. The zero-order chi connectivity index (χ0) is 17.9. The Kier molecular flexibility index (Phi) is 11.3. The van der Waals surface area contributed by atoms with E-state index in [1.54, 1.807) is 7.11 Å². The molecule has 1 heterocycles. The van der Waals surface area contributed by atoms with Crippen LogP contribution in [0.25, 0.3) is 0 Å².